The fraction of sp³-hybridized carbons (Fsp3) is 0.0800. The summed E-state index contributed by atoms with van der Waals surface area (Å²) in [4.78, 5) is 27.8. The summed E-state index contributed by atoms with van der Waals surface area (Å²) < 4.78 is 38.2. The number of benzene rings is 3. The van der Waals surface area contributed by atoms with Crippen LogP contribution in [0.25, 0.3) is 17.2 Å². The van der Waals surface area contributed by atoms with Crippen LogP contribution in [0.2, 0.25) is 0 Å². The van der Waals surface area contributed by atoms with E-state index < -0.39 is 17.7 Å². The summed E-state index contributed by atoms with van der Waals surface area (Å²) in [6.07, 6.45) is -2.87. The number of nitrogens with zero attached hydrogens (tertiary/aromatic N) is 1. The molecule has 5 nitrogen and oxygen atoms in total. The molecule has 10 heteroatoms. The van der Waals surface area contributed by atoms with Gasteiger partial charge in [0.2, 0.25) is 0 Å². The van der Waals surface area contributed by atoms with E-state index in [0.717, 1.165) is 23.3 Å². The first-order valence-electron chi connectivity index (χ1n) is 10.0. The summed E-state index contributed by atoms with van der Waals surface area (Å²) in [6, 6.07) is 18.6. The van der Waals surface area contributed by atoms with Crippen LogP contribution in [0.3, 0.4) is 0 Å². The zero-order valence-corrected chi connectivity index (χ0v) is 21.2. The van der Waals surface area contributed by atoms with Gasteiger partial charge in [-0.2, -0.15) is 13.2 Å². The number of carbonyl (C=O) groups is 2. The van der Waals surface area contributed by atoms with Gasteiger partial charge in [-0.15, -0.1) is 0 Å². The number of halogens is 3. The summed E-state index contributed by atoms with van der Waals surface area (Å²) in [5.41, 5.74) is 2.61. The maximum Gasteiger partial charge on any atom is 1.00 e. The molecule has 3 aromatic rings. The van der Waals surface area contributed by atoms with Crippen LogP contribution in [0.15, 0.2) is 82.7 Å². The van der Waals surface area contributed by atoms with E-state index in [9.17, 15) is 27.9 Å². The zero-order valence-electron chi connectivity index (χ0n) is 18.4. The number of hydrogen-bond donors (Lipinski definition) is 1. The summed E-state index contributed by atoms with van der Waals surface area (Å²) in [5, 5.41) is 13.7. The number of thioether (sulfide) groups is 1. The van der Waals surface area contributed by atoms with Gasteiger partial charge in [0.15, 0.2) is 5.17 Å². The van der Waals surface area contributed by atoms with Gasteiger partial charge in [-0.25, -0.2) is 4.99 Å². The number of aliphatic imine (C=N–C) groups is 1. The maximum atomic E-state index is 12.7. The van der Waals surface area contributed by atoms with E-state index in [-0.39, 0.29) is 41.9 Å². The fourth-order valence-electron chi connectivity index (χ4n) is 3.23. The molecule has 1 aliphatic rings. The second-order valence-corrected chi connectivity index (χ2v) is 8.42. The van der Waals surface area contributed by atoms with Crippen molar-refractivity contribution >= 4 is 40.6 Å². The van der Waals surface area contributed by atoms with Crippen LogP contribution in [-0.2, 0) is 22.2 Å². The van der Waals surface area contributed by atoms with E-state index >= 15 is 0 Å². The van der Waals surface area contributed by atoms with Crippen molar-refractivity contribution in [1.29, 1.82) is 0 Å². The Balaban J connectivity index is 0.00000342. The van der Waals surface area contributed by atoms with Crippen LogP contribution >= 0.6 is 11.8 Å². The Labute approximate surface area is 225 Å². The Morgan fingerprint density at radius 2 is 1.51 bits per heavy atom. The molecule has 0 bridgehead atoms. The molecule has 1 fully saturated rings. The largest absolute Gasteiger partial charge is 1.00 e. The molecule has 1 aliphatic heterocycles. The van der Waals surface area contributed by atoms with E-state index in [1.807, 2.05) is 0 Å². The van der Waals surface area contributed by atoms with E-state index in [4.69, 9.17) is 0 Å². The first kappa shape index (κ1) is 26.7. The van der Waals surface area contributed by atoms with Crippen molar-refractivity contribution in [2.24, 2.45) is 4.99 Å². The van der Waals surface area contributed by atoms with Crippen LogP contribution in [0.5, 0.6) is 0 Å². The second-order valence-electron chi connectivity index (χ2n) is 7.39. The number of amidine groups is 1. The van der Waals surface area contributed by atoms with Crippen molar-refractivity contribution in [2.75, 3.05) is 0 Å². The number of amides is 1. The molecule has 0 atom stereocenters. The van der Waals surface area contributed by atoms with Crippen molar-refractivity contribution in [3.05, 3.63) is 94.4 Å². The average molecular weight is 504 g/mol. The number of hydrogen-bond acceptors (Lipinski definition) is 5. The quantitative estimate of drug-likeness (QED) is 0.423. The molecule has 172 valence electrons. The van der Waals surface area contributed by atoms with Crippen LogP contribution in [-0.4, -0.2) is 17.0 Å². The molecule has 3 aromatic carbocycles. The summed E-state index contributed by atoms with van der Waals surface area (Å²) >= 11 is 1.17. The number of aliphatic carboxylic acids is 1. The zero-order chi connectivity index (χ0) is 24.3. The van der Waals surface area contributed by atoms with Gasteiger partial charge in [-0.1, -0.05) is 48.5 Å². The molecule has 1 heterocycles. The first-order chi connectivity index (χ1) is 16.2. The van der Waals surface area contributed by atoms with Gasteiger partial charge in [0, 0.05) is 12.4 Å². The van der Waals surface area contributed by atoms with Gasteiger partial charge in [0.25, 0.3) is 5.91 Å². The average Bonchev–Trinajstić information content (AvgIpc) is 3.13. The third-order valence-electron chi connectivity index (χ3n) is 4.92. The number of carbonyl (C=O) groups excluding carboxylic acids is 2. The van der Waals surface area contributed by atoms with Gasteiger partial charge in [-0.3, -0.25) is 4.79 Å². The molecule has 1 amide bonds. The first-order valence-corrected chi connectivity index (χ1v) is 10.8. The minimum atomic E-state index is -4.38. The van der Waals surface area contributed by atoms with E-state index in [1.165, 1.54) is 23.9 Å². The third-order valence-corrected chi connectivity index (χ3v) is 5.83. The molecule has 1 saturated heterocycles. The smallest absolute Gasteiger partial charge is 0.550 e. The second kappa shape index (κ2) is 11.3. The monoisotopic (exact) mass is 504 g/mol. The topological polar surface area (TPSA) is 81.6 Å². The Hall–Kier alpha value is -2.85. The summed E-state index contributed by atoms with van der Waals surface area (Å²) in [7, 11) is 0. The van der Waals surface area contributed by atoms with Crippen molar-refractivity contribution in [1.82, 2.24) is 5.32 Å². The molecular weight excluding hydrogens is 488 g/mol. The van der Waals surface area contributed by atoms with Crippen molar-refractivity contribution < 1.29 is 57.4 Å². The number of alkyl halides is 3. The number of carboxylic acids is 1. The van der Waals surface area contributed by atoms with E-state index in [1.54, 1.807) is 54.6 Å². The van der Waals surface area contributed by atoms with Gasteiger partial charge in [0.1, 0.15) is 0 Å². The molecule has 35 heavy (non-hydrogen) atoms. The molecule has 0 spiro atoms. The van der Waals surface area contributed by atoms with Crippen LogP contribution < -0.4 is 40.0 Å². The predicted molar refractivity (Wildman–Crippen MR) is 123 cm³/mol. The van der Waals surface area contributed by atoms with Crippen LogP contribution in [0.4, 0.5) is 18.9 Å². The standard InChI is InChI=1S/C25H17F3N2O3S.Na/c26-25(27,28)19-9-7-18(8-10-19)17-5-1-15(2-6-17)13-21-23(33)30-24(34-21)29-20-11-3-16(4-12-20)14-22(31)32;/h1-13H,14H2,(H,31,32)(H,29,30,33);/q;+1/p-1. The van der Waals surface area contributed by atoms with Crippen molar-refractivity contribution in [3.8, 4) is 11.1 Å². The van der Waals surface area contributed by atoms with Gasteiger partial charge < -0.3 is 15.2 Å². The van der Waals surface area contributed by atoms with E-state index in [0.29, 0.717) is 26.9 Å². The summed E-state index contributed by atoms with van der Waals surface area (Å²) in [6.45, 7) is 0. The molecular formula is C25H16F3N2NaO3S. The van der Waals surface area contributed by atoms with Crippen molar-refractivity contribution in [3.63, 3.8) is 0 Å². The number of nitrogens with one attached hydrogen (secondary N) is 1. The number of rotatable bonds is 5. The molecule has 0 saturated carbocycles. The molecule has 0 radical (unpaired) electrons. The molecule has 0 unspecified atom stereocenters. The Morgan fingerprint density at radius 1 is 0.943 bits per heavy atom. The fourth-order valence-corrected chi connectivity index (χ4v) is 4.07. The minimum absolute atomic E-state index is 0. The van der Waals surface area contributed by atoms with Gasteiger partial charge in [-0.05, 0) is 64.4 Å². The normalized spacial score (nSPS) is 15.7. The van der Waals surface area contributed by atoms with Crippen molar-refractivity contribution in [2.45, 2.75) is 12.6 Å². The van der Waals surface area contributed by atoms with E-state index in [2.05, 4.69) is 10.3 Å². The number of carboxylic acid groups (broad SMARTS) is 1. The Morgan fingerprint density at radius 3 is 2.06 bits per heavy atom. The van der Waals surface area contributed by atoms with Crippen LogP contribution in [0.1, 0.15) is 16.7 Å². The summed E-state index contributed by atoms with van der Waals surface area (Å²) in [5.74, 6) is -1.47. The minimum Gasteiger partial charge on any atom is -0.550 e. The Bertz CT molecular complexity index is 1290. The maximum absolute atomic E-state index is 12.7. The Kier molecular flexibility index (Phi) is 8.60. The molecule has 4 rings (SSSR count). The van der Waals surface area contributed by atoms with Gasteiger partial charge >= 0.3 is 35.7 Å². The van der Waals surface area contributed by atoms with Crippen LogP contribution in [0, 0.1) is 0 Å². The van der Waals surface area contributed by atoms with Gasteiger partial charge in [0.05, 0.1) is 16.2 Å². The molecule has 0 aliphatic carbocycles. The third kappa shape index (κ3) is 7.08. The molecule has 1 N–H and O–H groups in total. The molecule has 0 aromatic heterocycles. The predicted octanol–water partition coefficient (Wildman–Crippen LogP) is 1.56. The SMILES string of the molecule is O=C([O-])Cc1ccc(N=C2NC(=O)C(=Cc3ccc(-c4ccc(C(F)(F)F)cc4)cc3)S2)cc1.[Na+].